The van der Waals surface area contributed by atoms with Gasteiger partial charge in [0.15, 0.2) is 6.10 Å². The maximum absolute atomic E-state index is 12.8. The summed E-state index contributed by atoms with van der Waals surface area (Å²) in [4.78, 5) is 12.8. The fourth-order valence-corrected chi connectivity index (χ4v) is 3.73. The molecule has 186 valence electrons. The van der Waals surface area contributed by atoms with Gasteiger partial charge in [0.05, 0.1) is 5.56 Å². The van der Waals surface area contributed by atoms with Crippen LogP contribution in [-0.4, -0.2) is 75.5 Å². The molecule has 4 N–H and O–H groups in total. The molecule has 0 aliphatic carbocycles. The van der Waals surface area contributed by atoms with Crippen LogP contribution in [0, 0.1) is 0 Å². The molecule has 34 heavy (non-hydrogen) atoms. The van der Waals surface area contributed by atoms with E-state index in [0.29, 0.717) is 0 Å². The van der Waals surface area contributed by atoms with Gasteiger partial charge in [-0.2, -0.15) is 13.2 Å². The Morgan fingerprint density at radius 1 is 1.03 bits per heavy atom. The fraction of sp³-hybridized carbons (Fsp3) is 0.435. The Morgan fingerprint density at radius 2 is 1.65 bits per heavy atom. The minimum absolute atomic E-state index is 0.192. The molecule has 1 unspecified atom stereocenters. The van der Waals surface area contributed by atoms with E-state index >= 15 is 0 Å². The van der Waals surface area contributed by atoms with Crippen LogP contribution in [0.3, 0.4) is 0 Å². The first kappa shape index (κ1) is 25.9. The maximum Gasteiger partial charge on any atom is 0.416 e. The topological polar surface area (TPSA) is 120 Å². The van der Waals surface area contributed by atoms with Gasteiger partial charge in [0.1, 0.15) is 36.4 Å². The van der Waals surface area contributed by atoms with Crippen molar-refractivity contribution in [3.8, 4) is 5.75 Å². The number of hydrogen-bond acceptors (Lipinski definition) is 7. The second kappa shape index (κ2) is 10.7. The first-order valence-electron chi connectivity index (χ1n) is 10.5. The number of nitrogens with zero attached hydrogens (tertiary/aromatic N) is 1. The standard InChI is InChI=1S/C23H26F3NO7/c1-27(21-19(30)17(28)18(29)20(34-21)22(31)32)12-11-16(13-5-3-2-4-6-13)33-15-9-7-14(8-10-15)23(24,25)26/h2-10,16-21,28-30H,11-12H2,1H3,(H,31,32)/t16?,17-,18-,19+,20-,21+/m0/s1. The van der Waals surface area contributed by atoms with Crippen LogP contribution in [0.25, 0.3) is 0 Å². The van der Waals surface area contributed by atoms with Gasteiger partial charge in [0.2, 0.25) is 0 Å². The summed E-state index contributed by atoms with van der Waals surface area (Å²) in [6, 6.07) is 13.3. The normalized spacial score (nSPS) is 26.3. The number of ether oxygens (including phenoxy) is 2. The predicted octanol–water partition coefficient (Wildman–Crippen LogP) is 2.04. The van der Waals surface area contributed by atoms with E-state index in [4.69, 9.17) is 9.47 Å². The SMILES string of the molecule is CN(CCC(Oc1ccc(C(F)(F)F)cc1)c1ccccc1)[C@@H]1O[C@H](C(=O)O)[C@@H](O)[C@H](O)[C@H]1O. The smallest absolute Gasteiger partial charge is 0.416 e. The van der Waals surface area contributed by atoms with Crippen molar-refractivity contribution in [2.24, 2.45) is 0 Å². The second-order valence-corrected chi connectivity index (χ2v) is 8.07. The highest BCUT2D eigenvalue weighted by Crippen LogP contribution is 2.32. The molecule has 1 heterocycles. The Balaban J connectivity index is 1.72. The van der Waals surface area contributed by atoms with E-state index in [1.54, 1.807) is 30.3 Å². The van der Waals surface area contributed by atoms with Crippen molar-refractivity contribution in [2.75, 3.05) is 13.6 Å². The third kappa shape index (κ3) is 6.05. The van der Waals surface area contributed by atoms with Crippen molar-refractivity contribution < 1.29 is 47.9 Å². The number of aliphatic hydroxyl groups is 3. The van der Waals surface area contributed by atoms with Crippen LogP contribution < -0.4 is 4.74 Å². The first-order valence-corrected chi connectivity index (χ1v) is 10.5. The Kier molecular flexibility index (Phi) is 8.16. The lowest BCUT2D eigenvalue weighted by Gasteiger charge is -2.42. The number of benzene rings is 2. The highest BCUT2D eigenvalue weighted by Gasteiger charge is 2.48. The van der Waals surface area contributed by atoms with Gasteiger partial charge < -0.3 is 29.9 Å². The Bertz CT molecular complexity index is 942. The molecule has 2 aromatic carbocycles. The largest absolute Gasteiger partial charge is 0.486 e. The zero-order chi connectivity index (χ0) is 25.0. The number of halogens is 3. The molecule has 0 bridgehead atoms. The summed E-state index contributed by atoms with van der Waals surface area (Å²) >= 11 is 0. The number of carbonyl (C=O) groups is 1. The molecule has 11 heteroatoms. The molecule has 0 aromatic heterocycles. The lowest BCUT2D eigenvalue weighted by Crippen LogP contribution is -2.63. The lowest BCUT2D eigenvalue weighted by molar-refractivity contribution is -0.256. The average molecular weight is 485 g/mol. The van der Waals surface area contributed by atoms with Crippen LogP contribution in [0.5, 0.6) is 5.75 Å². The summed E-state index contributed by atoms with van der Waals surface area (Å²) in [6.45, 7) is 0.192. The molecule has 0 spiro atoms. The number of aliphatic carboxylic acids is 1. The number of likely N-dealkylation sites (N-methyl/N-ethyl adjacent to an activating group) is 1. The molecule has 0 radical (unpaired) electrons. The second-order valence-electron chi connectivity index (χ2n) is 8.07. The van der Waals surface area contributed by atoms with E-state index in [9.17, 15) is 38.4 Å². The van der Waals surface area contributed by atoms with Crippen LogP contribution in [0.1, 0.15) is 23.7 Å². The molecule has 6 atom stereocenters. The number of rotatable bonds is 8. The Hall–Kier alpha value is -2.70. The van der Waals surface area contributed by atoms with Crippen LogP contribution in [0.4, 0.5) is 13.2 Å². The quantitative estimate of drug-likeness (QED) is 0.449. The molecule has 1 aliphatic rings. The van der Waals surface area contributed by atoms with E-state index in [0.717, 1.165) is 17.7 Å². The van der Waals surface area contributed by atoms with Crippen molar-refractivity contribution in [3.63, 3.8) is 0 Å². The van der Waals surface area contributed by atoms with Gasteiger partial charge in [-0.05, 0) is 36.9 Å². The molecule has 1 fully saturated rings. The molecular formula is C23H26F3NO7. The first-order chi connectivity index (χ1) is 16.0. The van der Waals surface area contributed by atoms with Crippen molar-refractivity contribution in [1.82, 2.24) is 4.90 Å². The fourth-order valence-electron chi connectivity index (χ4n) is 3.73. The molecule has 8 nitrogen and oxygen atoms in total. The Labute approximate surface area is 193 Å². The van der Waals surface area contributed by atoms with Crippen molar-refractivity contribution in [1.29, 1.82) is 0 Å². The van der Waals surface area contributed by atoms with Gasteiger partial charge in [-0.15, -0.1) is 0 Å². The molecule has 1 saturated heterocycles. The number of carboxylic acid groups (broad SMARTS) is 1. The molecule has 0 saturated carbocycles. The summed E-state index contributed by atoms with van der Waals surface area (Å²) < 4.78 is 49.8. The predicted molar refractivity (Wildman–Crippen MR) is 113 cm³/mol. The van der Waals surface area contributed by atoms with Crippen LogP contribution >= 0.6 is 0 Å². The zero-order valence-corrected chi connectivity index (χ0v) is 18.2. The van der Waals surface area contributed by atoms with Gasteiger partial charge in [-0.3, -0.25) is 4.90 Å². The van der Waals surface area contributed by atoms with Crippen molar-refractivity contribution in [3.05, 3.63) is 65.7 Å². The highest BCUT2D eigenvalue weighted by atomic mass is 19.4. The summed E-state index contributed by atoms with van der Waals surface area (Å²) in [6.07, 6.45) is -12.8. The molecule has 0 amide bonds. The zero-order valence-electron chi connectivity index (χ0n) is 18.2. The van der Waals surface area contributed by atoms with Gasteiger partial charge in [-0.1, -0.05) is 30.3 Å². The van der Waals surface area contributed by atoms with Gasteiger partial charge in [0.25, 0.3) is 0 Å². The van der Waals surface area contributed by atoms with Crippen molar-refractivity contribution in [2.45, 2.75) is 49.3 Å². The maximum atomic E-state index is 12.8. The lowest BCUT2D eigenvalue weighted by atomic mass is 9.97. The highest BCUT2D eigenvalue weighted by molar-refractivity contribution is 5.73. The third-order valence-electron chi connectivity index (χ3n) is 5.64. The number of hydrogen-bond donors (Lipinski definition) is 4. The summed E-state index contributed by atoms with van der Waals surface area (Å²) in [5.74, 6) is -1.26. The summed E-state index contributed by atoms with van der Waals surface area (Å²) in [7, 11) is 1.54. The summed E-state index contributed by atoms with van der Waals surface area (Å²) in [5, 5.41) is 39.4. The van der Waals surface area contributed by atoms with Crippen molar-refractivity contribution >= 4 is 5.97 Å². The monoisotopic (exact) mass is 485 g/mol. The summed E-state index contributed by atoms with van der Waals surface area (Å²) in [5.41, 5.74) is -0.0483. The van der Waals surface area contributed by atoms with Crippen LogP contribution in [0.15, 0.2) is 54.6 Å². The minimum atomic E-state index is -4.47. The molecular weight excluding hydrogens is 459 g/mol. The molecule has 1 aliphatic heterocycles. The van der Waals surface area contributed by atoms with Gasteiger partial charge >= 0.3 is 12.1 Å². The van der Waals surface area contributed by atoms with Gasteiger partial charge in [0, 0.05) is 13.0 Å². The number of aliphatic hydroxyl groups excluding tert-OH is 3. The van der Waals surface area contributed by atoms with Crippen LogP contribution in [0.2, 0.25) is 0 Å². The Morgan fingerprint density at radius 3 is 2.21 bits per heavy atom. The minimum Gasteiger partial charge on any atom is -0.486 e. The number of alkyl halides is 3. The van der Waals surface area contributed by atoms with E-state index in [-0.39, 0.29) is 18.7 Å². The average Bonchev–Trinajstić information content (AvgIpc) is 2.80. The van der Waals surface area contributed by atoms with E-state index < -0.39 is 54.5 Å². The van der Waals surface area contributed by atoms with E-state index in [2.05, 4.69) is 0 Å². The molecule has 2 aromatic rings. The van der Waals surface area contributed by atoms with E-state index in [1.165, 1.54) is 24.1 Å². The van der Waals surface area contributed by atoms with Gasteiger partial charge in [-0.25, -0.2) is 4.79 Å². The molecule has 3 rings (SSSR count). The third-order valence-corrected chi connectivity index (χ3v) is 5.64. The number of carboxylic acids is 1. The van der Waals surface area contributed by atoms with Crippen LogP contribution in [-0.2, 0) is 15.7 Å². The van der Waals surface area contributed by atoms with E-state index in [1.807, 2.05) is 0 Å².